The maximum absolute atomic E-state index is 10.7. The Morgan fingerprint density at radius 1 is 1.50 bits per heavy atom. The van der Waals surface area contributed by atoms with E-state index in [-0.39, 0.29) is 11.3 Å². The highest BCUT2D eigenvalue weighted by Gasteiger charge is 2.13. The van der Waals surface area contributed by atoms with Gasteiger partial charge in [-0.2, -0.15) is 10.4 Å². The van der Waals surface area contributed by atoms with E-state index in [1.807, 2.05) is 19.2 Å². The maximum atomic E-state index is 10.7. The van der Waals surface area contributed by atoms with Crippen molar-refractivity contribution in [1.82, 2.24) is 9.78 Å². The second-order valence-electron chi connectivity index (χ2n) is 4.22. The molecule has 20 heavy (non-hydrogen) atoms. The summed E-state index contributed by atoms with van der Waals surface area (Å²) in [6.07, 6.45) is 2.50. The first-order valence-electron chi connectivity index (χ1n) is 6.01. The number of nitro groups is 1. The maximum Gasteiger partial charge on any atom is 0.287 e. The van der Waals surface area contributed by atoms with E-state index in [0.29, 0.717) is 12.2 Å². The predicted molar refractivity (Wildman–Crippen MR) is 73.2 cm³/mol. The second kappa shape index (κ2) is 5.84. The fraction of sp³-hybridized carbons (Fsp3) is 0.231. The molecule has 2 rings (SSSR count). The van der Waals surface area contributed by atoms with Gasteiger partial charge in [-0.25, -0.2) is 0 Å². The molecule has 0 saturated heterocycles. The molecule has 0 unspecified atom stereocenters. The summed E-state index contributed by atoms with van der Waals surface area (Å²) in [5.74, 6) is 0. The number of nitriles is 1. The second-order valence-corrected chi connectivity index (χ2v) is 4.22. The van der Waals surface area contributed by atoms with E-state index >= 15 is 0 Å². The molecule has 102 valence electrons. The molecule has 1 aromatic carbocycles. The molecule has 0 spiro atoms. The van der Waals surface area contributed by atoms with Crippen molar-refractivity contribution in [2.75, 3.05) is 11.9 Å². The van der Waals surface area contributed by atoms with Gasteiger partial charge < -0.3 is 5.32 Å². The minimum Gasteiger partial charge on any atom is -0.385 e. The lowest BCUT2D eigenvalue weighted by molar-refractivity contribution is -0.385. The average molecular weight is 271 g/mol. The van der Waals surface area contributed by atoms with Crippen molar-refractivity contribution < 1.29 is 4.92 Å². The molecule has 0 aliphatic rings. The number of hydrogen-bond donors (Lipinski definition) is 1. The van der Waals surface area contributed by atoms with Crippen molar-refractivity contribution in [1.29, 1.82) is 5.26 Å². The number of nitrogens with one attached hydrogen (secondary N) is 1. The Bertz CT molecular complexity index is 672. The van der Waals surface area contributed by atoms with Crippen LogP contribution in [0, 0.1) is 21.4 Å². The monoisotopic (exact) mass is 271 g/mol. The summed E-state index contributed by atoms with van der Waals surface area (Å²) < 4.78 is 1.79. The zero-order chi connectivity index (χ0) is 14.5. The summed E-state index contributed by atoms with van der Waals surface area (Å²) in [6, 6.07) is 8.19. The van der Waals surface area contributed by atoms with Crippen molar-refractivity contribution in [3.63, 3.8) is 0 Å². The Kier molecular flexibility index (Phi) is 3.96. The van der Waals surface area contributed by atoms with E-state index in [1.165, 1.54) is 12.1 Å². The van der Waals surface area contributed by atoms with Crippen LogP contribution in [-0.4, -0.2) is 21.2 Å². The summed E-state index contributed by atoms with van der Waals surface area (Å²) in [5, 5.41) is 26.8. The highest BCUT2D eigenvalue weighted by atomic mass is 16.6. The van der Waals surface area contributed by atoms with Gasteiger partial charge in [0.1, 0.15) is 11.6 Å². The smallest absolute Gasteiger partial charge is 0.287 e. The van der Waals surface area contributed by atoms with Gasteiger partial charge in [-0.15, -0.1) is 0 Å². The molecule has 0 saturated carbocycles. The molecular formula is C13H13N5O2. The van der Waals surface area contributed by atoms with Crippen LogP contribution in [0.3, 0.4) is 0 Å². The third-order valence-electron chi connectivity index (χ3n) is 2.95. The van der Waals surface area contributed by atoms with Gasteiger partial charge in [-0.05, 0) is 18.2 Å². The van der Waals surface area contributed by atoms with Crippen LogP contribution in [-0.2, 0) is 13.5 Å². The summed E-state index contributed by atoms with van der Waals surface area (Å²) in [6.45, 7) is 0.655. The molecule has 0 amide bonds. The van der Waals surface area contributed by atoms with Gasteiger partial charge in [-0.3, -0.25) is 14.8 Å². The Morgan fingerprint density at radius 2 is 2.30 bits per heavy atom. The summed E-state index contributed by atoms with van der Waals surface area (Å²) >= 11 is 0. The van der Waals surface area contributed by atoms with E-state index in [4.69, 9.17) is 5.26 Å². The first-order valence-corrected chi connectivity index (χ1v) is 6.01. The summed E-state index contributed by atoms with van der Waals surface area (Å²) in [4.78, 5) is 10.2. The van der Waals surface area contributed by atoms with Crippen LogP contribution in [0.5, 0.6) is 0 Å². The van der Waals surface area contributed by atoms with Gasteiger partial charge in [0, 0.05) is 43.7 Å². The lowest BCUT2D eigenvalue weighted by Crippen LogP contribution is -2.08. The van der Waals surface area contributed by atoms with Gasteiger partial charge in [-0.1, -0.05) is 0 Å². The molecule has 0 radical (unpaired) electrons. The lowest BCUT2D eigenvalue weighted by Gasteiger charge is -2.07. The number of nitro benzene ring substituents is 1. The van der Waals surface area contributed by atoms with E-state index in [0.717, 1.165) is 12.1 Å². The van der Waals surface area contributed by atoms with Gasteiger partial charge in [0.15, 0.2) is 0 Å². The number of aromatic nitrogens is 2. The van der Waals surface area contributed by atoms with E-state index in [1.54, 1.807) is 16.9 Å². The van der Waals surface area contributed by atoms with Crippen LogP contribution in [0.15, 0.2) is 30.5 Å². The number of nitrogens with zero attached hydrogens (tertiary/aromatic N) is 4. The molecule has 1 aromatic heterocycles. The molecule has 1 N–H and O–H groups in total. The van der Waals surface area contributed by atoms with Crippen molar-refractivity contribution in [3.8, 4) is 6.07 Å². The van der Waals surface area contributed by atoms with E-state index in [2.05, 4.69) is 10.4 Å². The number of aryl methyl sites for hydroxylation is 1. The van der Waals surface area contributed by atoms with Crippen LogP contribution in [0.2, 0.25) is 0 Å². The highest BCUT2D eigenvalue weighted by Crippen LogP contribution is 2.21. The first-order chi connectivity index (χ1) is 9.61. The molecule has 0 bridgehead atoms. The number of rotatable bonds is 5. The third kappa shape index (κ3) is 2.92. The van der Waals surface area contributed by atoms with Crippen molar-refractivity contribution >= 4 is 11.4 Å². The molecule has 0 aliphatic carbocycles. The minimum absolute atomic E-state index is 0.0560. The van der Waals surface area contributed by atoms with E-state index in [9.17, 15) is 10.1 Å². The van der Waals surface area contributed by atoms with Crippen LogP contribution < -0.4 is 5.32 Å². The number of benzene rings is 1. The Morgan fingerprint density at radius 3 is 2.90 bits per heavy atom. The molecule has 7 nitrogen and oxygen atoms in total. The third-order valence-corrected chi connectivity index (χ3v) is 2.95. The van der Waals surface area contributed by atoms with Crippen molar-refractivity contribution in [3.05, 3.63) is 51.8 Å². The average Bonchev–Trinajstić information content (AvgIpc) is 2.84. The SMILES string of the molecule is Cn1nccc1CCNc1ccc([N+](=O)[O-])c(C#N)c1. The van der Waals surface area contributed by atoms with Crippen LogP contribution in [0.4, 0.5) is 11.4 Å². The van der Waals surface area contributed by atoms with Crippen LogP contribution in [0.1, 0.15) is 11.3 Å². The van der Waals surface area contributed by atoms with Gasteiger partial charge in [0.2, 0.25) is 0 Å². The van der Waals surface area contributed by atoms with Crippen LogP contribution >= 0.6 is 0 Å². The largest absolute Gasteiger partial charge is 0.385 e. The molecule has 0 atom stereocenters. The summed E-state index contributed by atoms with van der Waals surface area (Å²) in [7, 11) is 1.87. The first kappa shape index (κ1) is 13.5. The van der Waals surface area contributed by atoms with Crippen LogP contribution in [0.25, 0.3) is 0 Å². The topological polar surface area (TPSA) is 96.8 Å². The quantitative estimate of drug-likeness (QED) is 0.661. The van der Waals surface area contributed by atoms with Crippen molar-refractivity contribution in [2.45, 2.75) is 6.42 Å². The minimum atomic E-state index is -0.558. The molecule has 0 fully saturated rings. The van der Waals surface area contributed by atoms with E-state index < -0.39 is 4.92 Å². The fourth-order valence-corrected chi connectivity index (χ4v) is 1.88. The van der Waals surface area contributed by atoms with Gasteiger partial charge >= 0.3 is 0 Å². The summed E-state index contributed by atoms with van der Waals surface area (Å²) in [5.41, 5.74) is 1.65. The fourth-order valence-electron chi connectivity index (χ4n) is 1.88. The lowest BCUT2D eigenvalue weighted by atomic mass is 10.1. The van der Waals surface area contributed by atoms with Gasteiger partial charge in [0.05, 0.1) is 4.92 Å². The molecular weight excluding hydrogens is 258 g/mol. The highest BCUT2D eigenvalue weighted by molar-refractivity contribution is 5.58. The molecule has 2 aromatic rings. The Hall–Kier alpha value is -2.88. The molecule has 1 heterocycles. The molecule has 7 heteroatoms. The normalized spacial score (nSPS) is 10.0. The van der Waals surface area contributed by atoms with Crippen molar-refractivity contribution in [2.24, 2.45) is 7.05 Å². The Balaban J connectivity index is 2.02. The Labute approximate surface area is 115 Å². The van der Waals surface area contributed by atoms with Gasteiger partial charge in [0.25, 0.3) is 5.69 Å². The number of hydrogen-bond acceptors (Lipinski definition) is 5. The standard InChI is InChI=1S/C13H13N5O2/c1-17-12(5-7-16-17)4-6-15-11-2-3-13(18(19)20)10(8-11)9-14/h2-3,5,7-8,15H,4,6H2,1H3. The zero-order valence-corrected chi connectivity index (χ0v) is 10.9. The zero-order valence-electron chi connectivity index (χ0n) is 10.9. The molecule has 0 aliphatic heterocycles. The predicted octanol–water partition coefficient (Wildman–Crippen LogP) is 1.85. The number of anilines is 1.